The van der Waals surface area contributed by atoms with Gasteiger partial charge in [0.05, 0.1) is 6.04 Å². The van der Waals surface area contributed by atoms with E-state index in [1.165, 1.54) is 12.8 Å². The molecule has 5 nitrogen and oxygen atoms in total. The number of rotatable bonds is 5. The zero-order valence-corrected chi connectivity index (χ0v) is 9.25. The van der Waals surface area contributed by atoms with Crippen molar-refractivity contribution in [3.8, 4) is 0 Å². The number of carbonyl (C=O) groups excluding carboxylic acids is 2. The fourth-order valence-corrected chi connectivity index (χ4v) is 1.77. The zero-order valence-electron chi connectivity index (χ0n) is 9.25. The van der Waals surface area contributed by atoms with E-state index < -0.39 is 6.03 Å². The summed E-state index contributed by atoms with van der Waals surface area (Å²) < 4.78 is 0. The van der Waals surface area contributed by atoms with Crippen LogP contribution in [0.4, 0.5) is 4.79 Å². The molecule has 3 atom stereocenters. The molecule has 3 amide bonds. The topological polar surface area (TPSA) is 84.2 Å². The molecule has 1 rings (SSSR count). The Bertz CT molecular complexity index is 255. The Morgan fingerprint density at radius 1 is 1.53 bits per heavy atom. The third kappa shape index (κ3) is 3.87. The average molecular weight is 213 g/mol. The van der Waals surface area contributed by atoms with Crippen molar-refractivity contribution in [2.45, 2.75) is 45.2 Å². The van der Waals surface area contributed by atoms with E-state index in [0.29, 0.717) is 12.0 Å². The lowest BCUT2D eigenvalue weighted by Crippen LogP contribution is -2.47. The fraction of sp³-hybridized carbons (Fsp3) is 0.800. The van der Waals surface area contributed by atoms with Gasteiger partial charge < -0.3 is 11.1 Å². The summed E-state index contributed by atoms with van der Waals surface area (Å²) in [7, 11) is 0. The van der Waals surface area contributed by atoms with E-state index in [9.17, 15) is 9.59 Å². The Labute approximate surface area is 89.8 Å². The van der Waals surface area contributed by atoms with Gasteiger partial charge in [0.1, 0.15) is 0 Å². The third-order valence-corrected chi connectivity index (χ3v) is 2.69. The second kappa shape index (κ2) is 5.11. The molecule has 0 bridgehead atoms. The van der Waals surface area contributed by atoms with Crippen molar-refractivity contribution < 1.29 is 9.59 Å². The van der Waals surface area contributed by atoms with E-state index in [4.69, 9.17) is 5.73 Å². The molecule has 0 aliphatic heterocycles. The SMILES string of the molecule is CCCC1CC1NC(C)C(=O)NC(N)=O. The van der Waals surface area contributed by atoms with Crippen LogP contribution in [0.15, 0.2) is 0 Å². The summed E-state index contributed by atoms with van der Waals surface area (Å²) in [6.07, 6.45) is 3.49. The van der Waals surface area contributed by atoms with Gasteiger partial charge in [0, 0.05) is 6.04 Å². The van der Waals surface area contributed by atoms with Crippen LogP contribution < -0.4 is 16.4 Å². The molecule has 0 spiro atoms. The van der Waals surface area contributed by atoms with Crippen LogP contribution >= 0.6 is 0 Å². The number of nitrogens with one attached hydrogen (secondary N) is 2. The summed E-state index contributed by atoms with van der Waals surface area (Å²) in [4.78, 5) is 21.8. The highest BCUT2D eigenvalue weighted by Gasteiger charge is 2.37. The van der Waals surface area contributed by atoms with Crippen LogP contribution in [-0.4, -0.2) is 24.0 Å². The van der Waals surface area contributed by atoms with Crippen molar-refractivity contribution in [2.24, 2.45) is 11.7 Å². The highest BCUT2D eigenvalue weighted by molar-refractivity contribution is 5.96. The minimum Gasteiger partial charge on any atom is -0.351 e. The quantitative estimate of drug-likeness (QED) is 0.616. The second-order valence-electron chi connectivity index (χ2n) is 4.13. The highest BCUT2D eigenvalue weighted by Crippen LogP contribution is 2.34. The van der Waals surface area contributed by atoms with E-state index in [1.54, 1.807) is 6.92 Å². The summed E-state index contributed by atoms with van der Waals surface area (Å²) in [5.74, 6) is 0.337. The van der Waals surface area contributed by atoms with Crippen molar-refractivity contribution in [3.05, 3.63) is 0 Å². The first-order valence-corrected chi connectivity index (χ1v) is 5.41. The van der Waals surface area contributed by atoms with Gasteiger partial charge in [0.25, 0.3) is 0 Å². The van der Waals surface area contributed by atoms with Gasteiger partial charge >= 0.3 is 6.03 Å². The van der Waals surface area contributed by atoms with Gasteiger partial charge in [0.15, 0.2) is 0 Å². The Balaban J connectivity index is 2.22. The molecule has 0 aromatic carbocycles. The van der Waals surface area contributed by atoms with E-state index >= 15 is 0 Å². The molecule has 0 saturated heterocycles. The normalized spacial score (nSPS) is 25.7. The molecule has 15 heavy (non-hydrogen) atoms. The number of hydrogen-bond acceptors (Lipinski definition) is 3. The molecule has 0 aromatic rings. The van der Waals surface area contributed by atoms with Crippen molar-refractivity contribution in [2.75, 3.05) is 0 Å². The lowest BCUT2D eigenvalue weighted by molar-refractivity contribution is -0.121. The zero-order chi connectivity index (χ0) is 11.4. The molecular weight excluding hydrogens is 194 g/mol. The van der Waals surface area contributed by atoms with Gasteiger partial charge in [-0.1, -0.05) is 13.3 Å². The molecule has 0 aromatic heterocycles. The van der Waals surface area contributed by atoms with Crippen LogP contribution in [0.25, 0.3) is 0 Å². The van der Waals surface area contributed by atoms with Crippen molar-refractivity contribution >= 4 is 11.9 Å². The lowest BCUT2D eigenvalue weighted by Gasteiger charge is -2.12. The van der Waals surface area contributed by atoms with Crippen LogP contribution in [0.2, 0.25) is 0 Å². The summed E-state index contributed by atoms with van der Waals surface area (Å²) in [6.45, 7) is 3.89. The molecule has 5 heteroatoms. The van der Waals surface area contributed by atoms with Gasteiger partial charge in [-0.2, -0.15) is 0 Å². The van der Waals surface area contributed by atoms with E-state index in [1.807, 2.05) is 0 Å². The average Bonchev–Trinajstić information content (AvgIpc) is 2.83. The maximum atomic E-state index is 11.3. The van der Waals surface area contributed by atoms with Gasteiger partial charge in [-0.25, -0.2) is 4.79 Å². The second-order valence-corrected chi connectivity index (χ2v) is 4.13. The fourth-order valence-electron chi connectivity index (χ4n) is 1.77. The largest absolute Gasteiger partial charge is 0.351 e. The van der Waals surface area contributed by atoms with Crippen LogP contribution in [0, 0.1) is 5.92 Å². The number of hydrogen-bond donors (Lipinski definition) is 3. The molecule has 1 aliphatic rings. The van der Waals surface area contributed by atoms with Crippen LogP contribution in [-0.2, 0) is 4.79 Å². The number of primary amides is 1. The Kier molecular flexibility index (Phi) is 4.08. The Morgan fingerprint density at radius 3 is 2.73 bits per heavy atom. The Hall–Kier alpha value is -1.10. The smallest absolute Gasteiger partial charge is 0.318 e. The molecule has 0 radical (unpaired) electrons. The lowest BCUT2D eigenvalue weighted by atomic mass is 10.2. The molecule has 1 aliphatic carbocycles. The Morgan fingerprint density at radius 2 is 2.20 bits per heavy atom. The maximum Gasteiger partial charge on any atom is 0.318 e. The van der Waals surface area contributed by atoms with Crippen molar-refractivity contribution in [1.29, 1.82) is 0 Å². The van der Waals surface area contributed by atoms with Crippen LogP contribution in [0.1, 0.15) is 33.1 Å². The third-order valence-electron chi connectivity index (χ3n) is 2.69. The van der Waals surface area contributed by atoms with E-state index in [-0.39, 0.29) is 11.9 Å². The number of amides is 3. The number of imide groups is 1. The first-order valence-electron chi connectivity index (χ1n) is 5.41. The number of urea groups is 1. The summed E-state index contributed by atoms with van der Waals surface area (Å²) in [5, 5.41) is 5.23. The van der Waals surface area contributed by atoms with Gasteiger partial charge in [-0.05, 0) is 25.7 Å². The van der Waals surface area contributed by atoms with E-state index in [2.05, 4.69) is 17.6 Å². The predicted molar refractivity (Wildman–Crippen MR) is 57.1 cm³/mol. The van der Waals surface area contributed by atoms with Gasteiger partial charge in [-0.3, -0.25) is 10.1 Å². The van der Waals surface area contributed by atoms with Crippen molar-refractivity contribution in [1.82, 2.24) is 10.6 Å². The minimum atomic E-state index is -0.797. The molecule has 3 unspecified atom stereocenters. The first kappa shape index (κ1) is 12.0. The standard InChI is InChI=1S/C10H19N3O2/c1-3-4-7-5-8(7)12-6(2)9(14)13-10(11)15/h6-8,12H,3-5H2,1-2H3,(H3,11,13,14,15). The number of carbonyl (C=O) groups is 2. The molecule has 0 heterocycles. The summed E-state index contributed by atoms with van der Waals surface area (Å²) in [5.41, 5.74) is 4.85. The highest BCUT2D eigenvalue weighted by atomic mass is 16.2. The predicted octanol–water partition coefficient (Wildman–Crippen LogP) is 0.348. The minimum absolute atomic E-state index is 0.357. The molecule has 1 fully saturated rings. The van der Waals surface area contributed by atoms with Crippen LogP contribution in [0.3, 0.4) is 0 Å². The van der Waals surface area contributed by atoms with Gasteiger partial charge in [-0.15, -0.1) is 0 Å². The summed E-state index contributed by atoms with van der Waals surface area (Å²) >= 11 is 0. The number of nitrogens with two attached hydrogens (primary N) is 1. The molecular formula is C10H19N3O2. The summed E-state index contributed by atoms with van der Waals surface area (Å²) in [6, 6.07) is -0.725. The van der Waals surface area contributed by atoms with E-state index in [0.717, 1.165) is 6.42 Å². The first-order chi connectivity index (χ1) is 7.04. The van der Waals surface area contributed by atoms with Gasteiger partial charge in [0.2, 0.25) is 5.91 Å². The molecule has 86 valence electrons. The van der Waals surface area contributed by atoms with Crippen LogP contribution in [0.5, 0.6) is 0 Å². The van der Waals surface area contributed by atoms with Crippen molar-refractivity contribution in [3.63, 3.8) is 0 Å². The molecule has 1 saturated carbocycles. The monoisotopic (exact) mass is 213 g/mol. The molecule has 4 N–H and O–H groups in total. The maximum absolute atomic E-state index is 11.3.